The van der Waals surface area contributed by atoms with Gasteiger partial charge in [-0.15, -0.1) is 0 Å². The second-order valence-electron chi connectivity index (χ2n) is 5.13. The van der Waals surface area contributed by atoms with Crippen LogP contribution >= 0.6 is 0 Å². The molecule has 9 heteroatoms. The van der Waals surface area contributed by atoms with E-state index in [2.05, 4.69) is 15.0 Å². The number of nitrogens with one attached hydrogen (secondary N) is 1. The first kappa shape index (κ1) is 15.3. The second-order valence-corrected chi connectivity index (χ2v) is 5.13. The third-order valence-corrected chi connectivity index (χ3v) is 3.64. The van der Waals surface area contributed by atoms with E-state index in [4.69, 9.17) is 0 Å². The van der Waals surface area contributed by atoms with Crippen molar-refractivity contribution in [1.82, 2.24) is 15.0 Å². The Kier molecular flexibility index (Phi) is 3.93. The average molecular weight is 325 g/mol. The lowest BCUT2D eigenvalue weighted by molar-refractivity contribution is -0.141. The Balaban J connectivity index is 1.71. The molecule has 0 aliphatic carbocycles. The van der Waals surface area contributed by atoms with Crippen LogP contribution in [0.4, 0.5) is 24.8 Å². The minimum atomic E-state index is -4.48. The Morgan fingerprint density at radius 3 is 2.39 bits per heavy atom. The fourth-order valence-electron chi connectivity index (χ4n) is 2.47. The first-order valence-electron chi connectivity index (χ1n) is 7.02. The summed E-state index contributed by atoms with van der Waals surface area (Å²) in [6, 6.07) is 5.85. The molecule has 23 heavy (non-hydrogen) atoms. The van der Waals surface area contributed by atoms with Gasteiger partial charge >= 0.3 is 6.18 Å². The molecule has 0 spiro atoms. The summed E-state index contributed by atoms with van der Waals surface area (Å²) in [5.74, 6) is 0.962. The van der Waals surface area contributed by atoms with Crippen molar-refractivity contribution in [2.75, 3.05) is 36.0 Å². The Bertz CT molecular complexity index is 737. The summed E-state index contributed by atoms with van der Waals surface area (Å²) in [4.78, 5) is 25.0. The molecule has 0 bridgehead atoms. The monoisotopic (exact) mass is 325 g/mol. The van der Waals surface area contributed by atoms with E-state index in [-0.39, 0.29) is 11.4 Å². The van der Waals surface area contributed by atoms with Crippen molar-refractivity contribution in [1.29, 1.82) is 0 Å². The van der Waals surface area contributed by atoms with Crippen LogP contribution in [0.2, 0.25) is 0 Å². The van der Waals surface area contributed by atoms with E-state index in [9.17, 15) is 18.0 Å². The Morgan fingerprint density at radius 2 is 1.74 bits per heavy atom. The third-order valence-electron chi connectivity index (χ3n) is 3.64. The van der Waals surface area contributed by atoms with Crippen molar-refractivity contribution in [3.8, 4) is 0 Å². The van der Waals surface area contributed by atoms with Crippen LogP contribution in [0.5, 0.6) is 0 Å². The molecule has 1 aliphatic rings. The largest absolute Gasteiger partial charge is 0.433 e. The molecule has 2 aromatic heterocycles. The van der Waals surface area contributed by atoms with Gasteiger partial charge in [-0.3, -0.25) is 4.79 Å². The number of anilines is 2. The minimum Gasteiger partial charge on any atom is -0.355 e. The predicted octanol–water partition coefficient (Wildman–Crippen LogP) is 1.51. The molecule has 1 saturated heterocycles. The normalized spacial score (nSPS) is 15.8. The molecule has 2 aromatic rings. The fourth-order valence-corrected chi connectivity index (χ4v) is 2.47. The van der Waals surface area contributed by atoms with Crippen molar-refractivity contribution in [3.63, 3.8) is 0 Å². The first-order valence-corrected chi connectivity index (χ1v) is 7.02. The number of H-pyrrole nitrogens is 1. The SMILES string of the molecule is O=c1cccc(N2CCN(c3cc(C(F)(F)F)ncn3)CC2)[nH]1. The van der Waals surface area contributed by atoms with E-state index >= 15 is 0 Å². The molecular formula is C14H14F3N5O. The molecule has 1 fully saturated rings. The lowest BCUT2D eigenvalue weighted by Crippen LogP contribution is -2.47. The Morgan fingerprint density at radius 1 is 1.04 bits per heavy atom. The van der Waals surface area contributed by atoms with Crippen molar-refractivity contribution < 1.29 is 13.2 Å². The zero-order valence-electron chi connectivity index (χ0n) is 12.0. The Hall–Kier alpha value is -2.58. The predicted molar refractivity (Wildman–Crippen MR) is 78.5 cm³/mol. The molecule has 0 amide bonds. The van der Waals surface area contributed by atoms with E-state index in [1.54, 1.807) is 17.0 Å². The summed E-state index contributed by atoms with van der Waals surface area (Å²) in [5.41, 5.74) is -1.13. The van der Waals surface area contributed by atoms with E-state index < -0.39 is 11.9 Å². The standard InChI is InChI=1S/C14H14F3N5O/c15-14(16,17)10-8-12(19-9-18-10)22-6-4-21(5-7-22)11-2-1-3-13(23)20-11/h1-3,8-9H,4-7H2,(H,20,23). The molecule has 6 nitrogen and oxygen atoms in total. The van der Waals surface area contributed by atoms with E-state index in [1.807, 2.05) is 4.90 Å². The summed E-state index contributed by atoms with van der Waals surface area (Å²) in [7, 11) is 0. The lowest BCUT2D eigenvalue weighted by Gasteiger charge is -2.36. The first-order chi connectivity index (χ1) is 10.9. The van der Waals surface area contributed by atoms with Gasteiger partial charge in [0, 0.05) is 38.3 Å². The molecule has 122 valence electrons. The van der Waals surface area contributed by atoms with Crippen LogP contribution < -0.4 is 15.4 Å². The fraction of sp³-hybridized carbons (Fsp3) is 0.357. The van der Waals surface area contributed by atoms with E-state index in [0.29, 0.717) is 32.0 Å². The minimum absolute atomic E-state index is 0.185. The van der Waals surface area contributed by atoms with Crippen LogP contribution in [-0.4, -0.2) is 41.1 Å². The summed E-state index contributed by atoms with van der Waals surface area (Å²) in [6.07, 6.45) is -3.55. The van der Waals surface area contributed by atoms with Crippen LogP contribution in [0.15, 0.2) is 35.4 Å². The van der Waals surface area contributed by atoms with Crippen molar-refractivity contribution in [3.05, 3.63) is 46.6 Å². The number of rotatable bonds is 2. The Labute approximate surface area is 129 Å². The number of aromatic amines is 1. The van der Waals surface area contributed by atoms with Crippen LogP contribution in [0.25, 0.3) is 0 Å². The van der Waals surface area contributed by atoms with Crippen LogP contribution in [0, 0.1) is 0 Å². The van der Waals surface area contributed by atoms with Gasteiger partial charge in [0.25, 0.3) is 0 Å². The van der Waals surface area contributed by atoms with Gasteiger partial charge in [0.15, 0.2) is 0 Å². The van der Waals surface area contributed by atoms with Gasteiger partial charge in [-0.2, -0.15) is 13.2 Å². The van der Waals surface area contributed by atoms with Crippen molar-refractivity contribution >= 4 is 11.6 Å². The molecule has 0 radical (unpaired) electrons. The highest BCUT2D eigenvalue weighted by atomic mass is 19.4. The number of hydrogen-bond acceptors (Lipinski definition) is 5. The van der Waals surface area contributed by atoms with Crippen LogP contribution in [0.3, 0.4) is 0 Å². The zero-order chi connectivity index (χ0) is 16.4. The molecule has 3 rings (SSSR count). The lowest BCUT2D eigenvalue weighted by atomic mass is 10.3. The van der Waals surface area contributed by atoms with Gasteiger partial charge in [-0.25, -0.2) is 9.97 Å². The van der Waals surface area contributed by atoms with Gasteiger partial charge in [-0.05, 0) is 6.07 Å². The highest BCUT2D eigenvalue weighted by Gasteiger charge is 2.33. The second kappa shape index (κ2) is 5.90. The third kappa shape index (κ3) is 3.43. The van der Waals surface area contributed by atoms with E-state index in [0.717, 1.165) is 12.4 Å². The van der Waals surface area contributed by atoms with Crippen LogP contribution in [0.1, 0.15) is 5.69 Å². The smallest absolute Gasteiger partial charge is 0.355 e. The van der Waals surface area contributed by atoms with Crippen LogP contribution in [-0.2, 0) is 6.18 Å². The average Bonchev–Trinajstić information content (AvgIpc) is 2.54. The number of halogens is 3. The maximum Gasteiger partial charge on any atom is 0.433 e. The summed E-state index contributed by atoms with van der Waals surface area (Å²) in [5, 5.41) is 0. The van der Waals surface area contributed by atoms with Gasteiger partial charge in [0.1, 0.15) is 23.7 Å². The number of piperazine rings is 1. The topological polar surface area (TPSA) is 65.1 Å². The highest BCUT2D eigenvalue weighted by Crippen LogP contribution is 2.29. The number of aromatic nitrogens is 3. The maximum atomic E-state index is 12.7. The number of hydrogen-bond donors (Lipinski definition) is 1. The number of alkyl halides is 3. The van der Waals surface area contributed by atoms with Gasteiger partial charge in [0.2, 0.25) is 5.56 Å². The van der Waals surface area contributed by atoms with Crippen molar-refractivity contribution in [2.24, 2.45) is 0 Å². The highest BCUT2D eigenvalue weighted by molar-refractivity contribution is 5.45. The molecule has 1 aliphatic heterocycles. The number of nitrogens with zero attached hydrogens (tertiary/aromatic N) is 4. The summed E-state index contributed by atoms with van der Waals surface area (Å²) >= 11 is 0. The number of pyridine rings is 1. The summed E-state index contributed by atoms with van der Waals surface area (Å²) < 4.78 is 38.1. The zero-order valence-corrected chi connectivity index (χ0v) is 12.0. The van der Waals surface area contributed by atoms with E-state index in [1.165, 1.54) is 6.07 Å². The van der Waals surface area contributed by atoms with Crippen molar-refractivity contribution in [2.45, 2.75) is 6.18 Å². The molecular weight excluding hydrogens is 311 g/mol. The quantitative estimate of drug-likeness (QED) is 0.907. The molecule has 0 aromatic carbocycles. The summed E-state index contributed by atoms with van der Waals surface area (Å²) in [6.45, 7) is 2.16. The maximum absolute atomic E-state index is 12.7. The van der Waals surface area contributed by atoms with Gasteiger partial charge in [0.05, 0.1) is 0 Å². The molecule has 0 atom stereocenters. The molecule has 0 saturated carbocycles. The van der Waals surface area contributed by atoms with Gasteiger partial charge < -0.3 is 14.8 Å². The molecule has 1 N–H and O–H groups in total. The van der Waals surface area contributed by atoms with Gasteiger partial charge in [-0.1, -0.05) is 6.07 Å². The molecule has 3 heterocycles. The molecule has 0 unspecified atom stereocenters.